The molecular weight excluding hydrogens is 400 g/mol. The molecule has 0 saturated carbocycles. The van der Waals surface area contributed by atoms with E-state index in [1.165, 1.54) is 17.5 Å². The van der Waals surface area contributed by atoms with E-state index in [1.54, 1.807) is 31.2 Å². The van der Waals surface area contributed by atoms with Crippen LogP contribution in [0.1, 0.15) is 49.9 Å². The van der Waals surface area contributed by atoms with Crippen LogP contribution in [0.3, 0.4) is 0 Å². The molecule has 0 fully saturated rings. The molecule has 6 nitrogen and oxygen atoms in total. The number of ether oxygens (including phenoxy) is 1. The molecule has 1 aliphatic carbocycles. The number of sulfonamides is 1. The minimum absolute atomic E-state index is 0.215. The average Bonchev–Trinajstić information content (AvgIpc) is 3.16. The number of carbonyl (C=O) groups is 1. The highest BCUT2D eigenvalue weighted by molar-refractivity contribution is 7.92. The van der Waals surface area contributed by atoms with E-state index in [2.05, 4.69) is 17.4 Å². The van der Waals surface area contributed by atoms with Crippen LogP contribution in [-0.4, -0.2) is 33.2 Å². The largest absolute Gasteiger partial charge is 0.494 e. The van der Waals surface area contributed by atoms with Crippen molar-refractivity contribution in [3.63, 3.8) is 0 Å². The van der Waals surface area contributed by atoms with Crippen LogP contribution in [0.4, 0.5) is 5.69 Å². The number of anilines is 1. The summed E-state index contributed by atoms with van der Waals surface area (Å²) in [6, 6.07) is 11.9. The average molecular weight is 431 g/mol. The highest BCUT2D eigenvalue weighted by atomic mass is 32.2. The van der Waals surface area contributed by atoms with Crippen molar-refractivity contribution in [1.29, 1.82) is 0 Å². The number of benzene rings is 2. The van der Waals surface area contributed by atoms with Gasteiger partial charge in [-0.25, -0.2) is 8.42 Å². The molecule has 2 unspecified atom stereocenters. The fourth-order valence-electron chi connectivity index (χ4n) is 3.94. The molecule has 2 atom stereocenters. The summed E-state index contributed by atoms with van der Waals surface area (Å²) in [6.45, 7) is 5.92. The Bertz CT molecular complexity index is 1000. The van der Waals surface area contributed by atoms with Gasteiger partial charge in [0.1, 0.15) is 11.8 Å². The van der Waals surface area contributed by atoms with Crippen LogP contribution < -0.4 is 14.4 Å². The monoisotopic (exact) mass is 430 g/mol. The molecule has 30 heavy (non-hydrogen) atoms. The smallest absolute Gasteiger partial charge is 0.244 e. The van der Waals surface area contributed by atoms with Gasteiger partial charge in [0, 0.05) is 0 Å². The van der Waals surface area contributed by atoms with Crippen molar-refractivity contribution in [3.05, 3.63) is 59.2 Å². The second kappa shape index (κ2) is 9.08. The molecule has 2 aromatic carbocycles. The number of hydrogen-bond donors (Lipinski definition) is 1. The van der Waals surface area contributed by atoms with E-state index in [4.69, 9.17) is 4.74 Å². The number of carbonyl (C=O) groups excluding carboxylic acids is 1. The zero-order chi connectivity index (χ0) is 21.9. The van der Waals surface area contributed by atoms with Crippen molar-refractivity contribution in [2.45, 2.75) is 52.1 Å². The molecule has 0 spiro atoms. The van der Waals surface area contributed by atoms with Crippen LogP contribution in [0.15, 0.2) is 42.5 Å². The first-order chi connectivity index (χ1) is 14.2. The lowest BCUT2D eigenvalue weighted by Crippen LogP contribution is -2.48. The van der Waals surface area contributed by atoms with E-state index in [0.717, 1.165) is 29.0 Å². The Hall–Kier alpha value is -2.54. The lowest BCUT2D eigenvalue weighted by Gasteiger charge is -2.29. The number of aryl methyl sites for hydroxylation is 2. The van der Waals surface area contributed by atoms with Crippen LogP contribution in [0, 0.1) is 0 Å². The van der Waals surface area contributed by atoms with Gasteiger partial charge in [-0.2, -0.15) is 0 Å². The van der Waals surface area contributed by atoms with Crippen LogP contribution in [0.25, 0.3) is 0 Å². The van der Waals surface area contributed by atoms with Gasteiger partial charge in [-0.05, 0) is 81.0 Å². The third kappa shape index (κ3) is 4.95. The summed E-state index contributed by atoms with van der Waals surface area (Å²) in [7, 11) is -3.66. The fourth-order valence-corrected chi connectivity index (χ4v) is 5.12. The first kappa shape index (κ1) is 22.2. The fraction of sp³-hybridized carbons (Fsp3) is 0.435. The number of fused-ring (bicyclic) bond motifs is 1. The topological polar surface area (TPSA) is 75.7 Å². The summed E-state index contributed by atoms with van der Waals surface area (Å²) < 4.78 is 31.5. The van der Waals surface area contributed by atoms with Crippen molar-refractivity contribution >= 4 is 21.6 Å². The molecule has 162 valence electrons. The Morgan fingerprint density at radius 2 is 1.77 bits per heavy atom. The quantitative estimate of drug-likeness (QED) is 0.694. The second-order valence-corrected chi connectivity index (χ2v) is 9.63. The number of amides is 1. The van der Waals surface area contributed by atoms with Gasteiger partial charge >= 0.3 is 0 Å². The number of rotatable bonds is 8. The van der Waals surface area contributed by atoms with Crippen molar-refractivity contribution in [2.75, 3.05) is 17.2 Å². The van der Waals surface area contributed by atoms with Gasteiger partial charge in [0.05, 0.1) is 24.6 Å². The Balaban J connectivity index is 1.77. The van der Waals surface area contributed by atoms with E-state index >= 15 is 0 Å². The predicted octanol–water partition coefficient (Wildman–Crippen LogP) is 3.61. The molecule has 0 saturated heterocycles. The number of nitrogens with one attached hydrogen (secondary N) is 1. The first-order valence-corrected chi connectivity index (χ1v) is 12.2. The second-order valence-electron chi connectivity index (χ2n) is 7.77. The van der Waals surface area contributed by atoms with E-state index in [-0.39, 0.29) is 11.9 Å². The zero-order valence-electron chi connectivity index (χ0n) is 18.0. The van der Waals surface area contributed by atoms with E-state index in [9.17, 15) is 13.2 Å². The van der Waals surface area contributed by atoms with Crippen molar-refractivity contribution in [1.82, 2.24) is 5.32 Å². The molecule has 0 aliphatic heterocycles. The molecular formula is C23H30N2O4S. The molecule has 7 heteroatoms. The zero-order valence-corrected chi connectivity index (χ0v) is 18.8. The summed E-state index contributed by atoms with van der Waals surface area (Å²) in [4.78, 5) is 12.9. The van der Waals surface area contributed by atoms with Crippen molar-refractivity contribution < 1.29 is 17.9 Å². The minimum atomic E-state index is -3.66. The maximum absolute atomic E-state index is 12.9. The van der Waals surface area contributed by atoms with Crippen LogP contribution in [0.5, 0.6) is 5.75 Å². The summed E-state index contributed by atoms with van der Waals surface area (Å²) in [5.74, 6) is 0.305. The maximum atomic E-state index is 12.9. The lowest BCUT2D eigenvalue weighted by molar-refractivity contribution is -0.122. The summed E-state index contributed by atoms with van der Waals surface area (Å²) >= 11 is 0. The Morgan fingerprint density at radius 1 is 1.10 bits per heavy atom. The number of nitrogens with zero attached hydrogens (tertiary/aromatic N) is 1. The third-order valence-corrected chi connectivity index (χ3v) is 6.71. The van der Waals surface area contributed by atoms with Crippen LogP contribution >= 0.6 is 0 Å². The molecule has 0 radical (unpaired) electrons. The summed E-state index contributed by atoms with van der Waals surface area (Å²) in [6.07, 6.45) is 4.46. The Kier molecular flexibility index (Phi) is 6.71. The standard InChI is InChI=1S/C23H30N2O4S/c1-5-29-22-13-11-21(12-14-22)25(30(4,27)28)17(3)23(26)24-16(2)19-10-9-18-7-6-8-20(18)15-19/h9-17H,5-8H2,1-4H3,(H,24,26). The van der Waals surface area contributed by atoms with Gasteiger partial charge in [-0.15, -0.1) is 0 Å². The molecule has 1 aliphatic rings. The normalized spacial score (nSPS) is 15.2. The Morgan fingerprint density at radius 3 is 2.40 bits per heavy atom. The highest BCUT2D eigenvalue weighted by Crippen LogP contribution is 2.27. The summed E-state index contributed by atoms with van der Waals surface area (Å²) in [5, 5.41) is 2.97. The maximum Gasteiger partial charge on any atom is 0.244 e. The van der Waals surface area contributed by atoms with Gasteiger partial charge in [0.15, 0.2) is 0 Å². The molecule has 2 aromatic rings. The van der Waals surface area contributed by atoms with Gasteiger partial charge in [-0.1, -0.05) is 18.2 Å². The van der Waals surface area contributed by atoms with Gasteiger partial charge in [-0.3, -0.25) is 9.10 Å². The van der Waals surface area contributed by atoms with Crippen LogP contribution in [-0.2, 0) is 27.7 Å². The molecule has 0 bridgehead atoms. The minimum Gasteiger partial charge on any atom is -0.494 e. The van der Waals surface area contributed by atoms with E-state index < -0.39 is 16.1 Å². The molecule has 0 aromatic heterocycles. The SMILES string of the molecule is CCOc1ccc(N(C(C)C(=O)NC(C)c2ccc3c(c2)CCC3)S(C)(=O)=O)cc1. The van der Waals surface area contributed by atoms with Gasteiger partial charge in [0.25, 0.3) is 0 Å². The summed E-state index contributed by atoms with van der Waals surface area (Å²) in [5.41, 5.74) is 4.18. The van der Waals surface area contributed by atoms with E-state index in [1.807, 2.05) is 19.9 Å². The lowest BCUT2D eigenvalue weighted by atomic mass is 10.0. The van der Waals surface area contributed by atoms with Gasteiger partial charge < -0.3 is 10.1 Å². The van der Waals surface area contributed by atoms with Crippen LogP contribution in [0.2, 0.25) is 0 Å². The molecule has 1 N–H and O–H groups in total. The first-order valence-electron chi connectivity index (χ1n) is 10.3. The molecule has 3 rings (SSSR count). The number of hydrogen-bond acceptors (Lipinski definition) is 4. The highest BCUT2D eigenvalue weighted by Gasteiger charge is 2.30. The third-order valence-electron chi connectivity index (χ3n) is 5.47. The van der Waals surface area contributed by atoms with Crippen molar-refractivity contribution in [2.24, 2.45) is 0 Å². The Labute approximate surface area is 179 Å². The molecule has 1 amide bonds. The molecule has 0 heterocycles. The van der Waals surface area contributed by atoms with Gasteiger partial charge in [0.2, 0.25) is 15.9 Å². The van der Waals surface area contributed by atoms with Crippen molar-refractivity contribution in [3.8, 4) is 5.75 Å². The van der Waals surface area contributed by atoms with E-state index in [0.29, 0.717) is 18.0 Å². The predicted molar refractivity (Wildman–Crippen MR) is 119 cm³/mol.